The number of fused-ring (bicyclic) bond motifs is 1. The number of Topliss-reactive ketones (excluding diaryl/α,β-unsaturated/α-hetero) is 1. The second-order valence-electron chi connectivity index (χ2n) is 6.59. The smallest absolute Gasteiger partial charge is 0.272 e. The molecular formula is C20H26O5. The van der Waals surface area contributed by atoms with Crippen molar-refractivity contribution in [1.29, 1.82) is 0 Å². The Hall–Kier alpha value is -2.11. The number of ether oxygens (including phenoxy) is 1. The number of hydrogen-bond acceptors (Lipinski definition) is 5. The molecule has 3 N–H and O–H groups in total. The highest BCUT2D eigenvalue weighted by atomic mass is 16.6. The van der Waals surface area contributed by atoms with E-state index in [-0.39, 0.29) is 24.3 Å². The van der Waals surface area contributed by atoms with Crippen molar-refractivity contribution in [3.63, 3.8) is 0 Å². The second-order valence-corrected chi connectivity index (χ2v) is 6.59. The Bertz CT molecular complexity index is 689. The number of ketones is 1. The van der Waals surface area contributed by atoms with Crippen molar-refractivity contribution in [2.75, 3.05) is 6.61 Å². The average Bonchev–Trinajstić information content (AvgIpc) is 2.83. The van der Waals surface area contributed by atoms with Gasteiger partial charge in [-0.25, -0.2) is 0 Å². The maximum Gasteiger partial charge on any atom is 0.272 e. The van der Waals surface area contributed by atoms with Gasteiger partial charge in [0.2, 0.25) is 5.78 Å². The summed E-state index contributed by atoms with van der Waals surface area (Å²) in [6.07, 6.45) is 7.50. The fraction of sp³-hybridized carbons (Fsp3) is 0.450. The number of unbranched alkanes of at least 4 members (excludes halogenated alkanes) is 1. The molecule has 1 aromatic rings. The third kappa shape index (κ3) is 4.94. The molecule has 1 aromatic carbocycles. The Kier molecular flexibility index (Phi) is 6.39. The molecule has 0 aliphatic carbocycles. The van der Waals surface area contributed by atoms with E-state index < -0.39 is 11.6 Å². The van der Waals surface area contributed by atoms with E-state index in [1.165, 1.54) is 23.8 Å². The Balaban J connectivity index is 1.82. The second kappa shape index (κ2) is 8.32. The van der Waals surface area contributed by atoms with Crippen LogP contribution in [-0.2, 0) is 0 Å². The number of hydrogen-bond donors (Lipinski definition) is 3. The quantitative estimate of drug-likeness (QED) is 0.495. The molecule has 0 aromatic heterocycles. The molecule has 136 valence electrons. The Morgan fingerprint density at radius 1 is 1.20 bits per heavy atom. The van der Waals surface area contributed by atoms with Crippen LogP contribution in [0.2, 0.25) is 0 Å². The van der Waals surface area contributed by atoms with Gasteiger partial charge in [-0.1, -0.05) is 23.3 Å². The first-order valence-electron chi connectivity index (χ1n) is 8.57. The lowest BCUT2D eigenvalue weighted by atomic mass is 10.00. The van der Waals surface area contributed by atoms with E-state index >= 15 is 0 Å². The summed E-state index contributed by atoms with van der Waals surface area (Å²) < 4.78 is 5.42. The summed E-state index contributed by atoms with van der Waals surface area (Å²) in [5, 5.41) is 28.9. The Labute approximate surface area is 148 Å². The molecule has 0 spiro atoms. The number of carbonyl (C=O) groups is 1. The lowest BCUT2D eigenvalue weighted by Crippen LogP contribution is -2.39. The van der Waals surface area contributed by atoms with Crippen LogP contribution >= 0.6 is 0 Å². The molecule has 1 aliphatic rings. The molecule has 1 unspecified atom stereocenters. The lowest BCUT2D eigenvalue weighted by molar-refractivity contribution is -0.0957. The lowest BCUT2D eigenvalue weighted by Gasteiger charge is -2.20. The van der Waals surface area contributed by atoms with Crippen molar-refractivity contribution < 1.29 is 24.9 Å². The van der Waals surface area contributed by atoms with Crippen molar-refractivity contribution >= 4 is 5.78 Å². The summed E-state index contributed by atoms with van der Waals surface area (Å²) in [6.45, 7) is 4.04. The maximum atomic E-state index is 12.3. The van der Waals surface area contributed by atoms with Gasteiger partial charge >= 0.3 is 0 Å². The molecule has 5 nitrogen and oxygen atoms in total. The molecule has 1 atom stereocenters. The van der Waals surface area contributed by atoms with Crippen LogP contribution in [-0.4, -0.2) is 33.5 Å². The van der Waals surface area contributed by atoms with Crippen molar-refractivity contribution in [2.45, 2.75) is 51.7 Å². The van der Waals surface area contributed by atoms with Gasteiger partial charge in [-0.05, 0) is 57.7 Å². The van der Waals surface area contributed by atoms with E-state index in [0.29, 0.717) is 12.2 Å². The number of phenolic OH excluding ortho intramolecular Hbond substituents is 1. The van der Waals surface area contributed by atoms with Crippen LogP contribution in [0.1, 0.15) is 56.3 Å². The zero-order chi connectivity index (χ0) is 18.4. The minimum absolute atomic E-state index is 0.0241. The summed E-state index contributed by atoms with van der Waals surface area (Å²) >= 11 is 0. The predicted molar refractivity (Wildman–Crippen MR) is 95.7 cm³/mol. The van der Waals surface area contributed by atoms with Crippen LogP contribution in [0.25, 0.3) is 0 Å². The summed E-state index contributed by atoms with van der Waals surface area (Å²) in [5.74, 6) is -2.05. The van der Waals surface area contributed by atoms with Crippen LogP contribution in [0, 0.1) is 0 Å². The van der Waals surface area contributed by atoms with Gasteiger partial charge in [0.05, 0.1) is 12.2 Å². The number of benzene rings is 1. The molecule has 0 saturated carbocycles. The van der Waals surface area contributed by atoms with Gasteiger partial charge in [0.15, 0.2) is 0 Å². The van der Waals surface area contributed by atoms with Crippen molar-refractivity contribution in [3.05, 3.63) is 47.1 Å². The Morgan fingerprint density at radius 3 is 2.64 bits per heavy atom. The molecule has 2 rings (SSSR count). The number of allylic oxidation sites excluding steroid dienone is 3. The highest BCUT2D eigenvalue weighted by Crippen LogP contribution is 2.38. The first kappa shape index (κ1) is 19.2. The number of carbonyl (C=O) groups excluding carboxylic acids is 1. The van der Waals surface area contributed by atoms with Crippen LogP contribution in [0.15, 0.2) is 41.5 Å². The normalized spacial score (nSPS) is 20.6. The van der Waals surface area contributed by atoms with Gasteiger partial charge in [-0.15, -0.1) is 0 Å². The van der Waals surface area contributed by atoms with Crippen molar-refractivity contribution in [1.82, 2.24) is 0 Å². The minimum atomic E-state index is -1.83. The highest BCUT2D eigenvalue weighted by Gasteiger charge is 2.46. The molecule has 1 aliphatic heterocycles. The molecular weight excluding hydrogens is 320 g/mol. The average molecular weight is 346 g/mol. The SMILES string of the molecule is C/C(=C\CC/C(C)=C/CCCC1(O)Oc2ccc(O)cc2C1=O)CO. The Morgan fingerprint density at radius 2 is 1.92 bits per heavy atom. The molecule has 0 bridgehead atoms. The van der Waals surface area contributed by atoms with Gasteiger partial charge in [-0.2, -0.15) is 0 Å². The number of aromatic hydroxyl groups is 1. The summed E-state index contributed by atoms with van der Waals surface area (Å²) in [4.78, 5) is 12.3. The van der Waals surface area contributed by atoms with Crippen molar-refractivity contribution in [2.24, 2.45) is 0 Å². The van der Waals surface area contributed by atoms with Gasteiger partial charge in [0.25, 0.3) is 5.79 Å². The van der Waals surface area contributed by atoms with E-state index in [1.54, 1.807) is 0 Å². The van der Waals surface area contributed by atoms with Crippen LogP contribution in [0.4, 0.5) is 0 Å². The van der Waals surface area contributed by atoms with Crippen molar-refractivity contribution in [3.8, 4) is 11.5 Å². The predicted octanol–water partition coefficient (Wildman–Crippen LogP) is 3.49. The zero-order valence-corrected chi connectivity index (χ0v) is 14.8. The molecule has 0 amide bonds. The largest absolute Gasteiger partial charge is 0.508 e. The highest BCUT2D eigenvalue weighted by molar-refractivity contribution is 6.06. The standard InChI is InChI=1S/C20H26O5/c1-14(7-5-8-15(2)13-21)6-3-4-11-20(24)19(23)17-12-16(22)9-10-18(17)25-20/h6,8-10,12,21-22,24H,3-5,7,11,13H2,1-2H3/b14-6+,15-8+. The van der Waals surface area contributed by atoms with E-state index in [9.17, 15) is 15.0 Å². The van der Waals surface area contributed by atoms with E-state index in [4.69, 9.17) is 9.84 Å². The summed E-state index contributed by atoms with van der Waals surface area (Å²) in [5.41, 5.74) is 2.43. The molecule has 5 heteroatoms. The first-order valence-corrected chi connectivity index (χ1v) is 8.57. The first-order chi connectivity index (χ1) is 11.9. The zero-order valence-electron chi connectivity index (χ0n) is 14.8. The van der Waals surface area contributed by atoms with Gasteiger partial charge in [-0.3, -0.25) is 4.79 Å². The van der Waals surface area contributed by atoms with Crippen LogP contribution in [0.3, 0.4) is 0 Å². The molecule has 0 fully saturated rings. The topological polar surface area (TPSA) is 87.0 Å². The fourth-order valence-corrected chi connectivity index (χ4v) is 2.79. The number of aliphatic hydroxyl groups excluding tert-OH is 1. The van der Waals surface area contributed by atoms with E-state index in [2.05, 4.69) is 6.08 Å². The summed E-state index contributed by atoms with van der Waals surface area (Å²) in [7, 11) is 0. The van der Waals surface area contributed by atoms with E-state index in [1.807, 2.05) is 19.9 Å². The van der Waals surface area contributed by atoms with E-state index in [0.717, 1.165) is 24.8 Å². The summed E-state index contributed by atoms with van der Waals surface area (Å²) in [6, 6.07) is 4.24. The third-order valence-electron chi connectivity index (χ3n) is 4.33. The van der Waals surface area contributed by atoms with Crippen LogP contribution < -0.4 is 4.74 Å². The number of phenols is 1. The van der Waals surface area contributed by atoms with Gasteiger partial charge < -0.3 is 20.1 Å². The van der Waals surface area contributed by atoms with Gasteiger partial charge in [0, 0.05) is 6.42 Å². The maximum absolute atomic E-state index is 12.3. The molecule has 0 saturated heterocycles. The number of aliphatic hydroxyl groups is 2. The molecule has 25 heavy (non-hydrogen) atoms. The molecule has 1 heterocycles. The minimum Gasteiger partial charge on any atom is -0.508 e. The van der Waals surface area contributed by atoms with Crippen LogP contribution in [0.5, 0.6) is 11.5 Å². The van der Waals surface area contributed by atoms with Gasteiger partial charge in [0.1, 0.15) is 11.5 Å². The fourth-order valence-electron chi connectivity index (χ4n) is 2.79. The monoisotopic (exact) mass is 346 g/mol. The third-order valence-corrected chi connectivity index (χ3v) is 4.33. The number of rotatable bonds is 8. The molecule has 0 radical (unpaired) electrons.